The van der Waals surface area contributed by atoms with E-state index < -0.39 is 5.60 Å². The highest BCUT2D eigenvalue weighted by Gasteiger charge is 2.31. The molecule has 1 amide bonds. The molecule has 2 N–H and O–H groups in total. The van der Waals surface area contributed by atoms with Gasteiger partial charge in [0.05, 0.1) is 17.8 Å². The van der Waals surface area contributed by atoms with Crippen LogP contribution in [-0.4, -0.2) is 29.8 Å². The van der Waals surface area contributed by atoms with Crippen molar-refractivity contribution in [2.24, 2.45) is 0 Å². The maximum Gasteiger partial charge on any atom is 0.255 e. The summed E-state index contributed by atoms with van der Waals surface area (Å²) in [6.45, 7) is 2.59. The van der Waals surface area contributed by atoms with Crippen LogP contribution in [0.5, 0.6) is 5.75 Å². The monoisotopic (exact) mass is 297 g/mol. The second-order valence-corrected chi connectivity index (χ2v) is 5.62. The summed E-state index contributed by atoms with van der Waals surface area (Å²) in [4.78, 5) is 12.2. The number of nitrogens with one attached hydrogen (secondary N) is 1. The fourth-order valence-corrected chi connectivity index (χ4v) is 2.67. The minimum Gasteiger partial charge on any atom is -0.493 e. The molecule has 0 atom stereocenters. The minimum atomic E-state index is -0.756. The Morgan fingerprint density at radius 1 is 1.45 bits per heavy atom. The SMILES string of the molecule is CCOc1cc(Cl)ccc1C(=O)NCC1(O)CCCC1. The van der Waals surface area contributed by atoms with Gasteiger partial charge in [-0.25, -0.2) is 0 Å². The molecule has 1 saturated carbocycles. The highest BCUT2D eigenvalue weighted by molar-refractivity contribution is 6.30. The number of amides is 1. The molecule has 0 heterocycles. The first kappa shape index (κ1) is 15.1. The van der Waals surface area contributed by atoms with Crippen LogP contribution < -0.4 is 10.1 Å². The summed E-state index contributed by atoms with van der Waals surface area (Å²) in [7, 11) is 0. The van der Waals surface area contributed by atoms with Crippen LogP contribution in [0.25, 0.3) is 0 Å². The second-order valence-electron chi connectivity index (χ2n) is 5.19. The quantitative estimate of drug-likeness (QED) is 0.878. The third kappa shape index (κ3) is 3.64. The predicted molar refractivity (Wildman–Crippen MR) is 78.4 cm³/mol. The lowest BCUT2D eigenvalue weighted by Crippen LogP contribution is -2.40. The minimum absolute atomic E-state index is 0.245. The number of ether oxygens (including phenoxy) is 1. The highest BCUT2D eigenvalue weighted by Crippen LogP contribution is 2.29. The zero-order valence-corrected chi connectivity index (χ0v) is 12.4. The first-order valence-corrected chi connectivity index (χ1v) is 7.35. The van der Waals surface area contributed by atoms with Gasteiger partial charge in [0, 0.05) is 11.6 Å². The summed E-state index contributed by atoms with van der Waals surface area (Å²) >= 11 is 5.91. The van der Waals surface area contributed by atoms with Gasteiger partial charge in [-0.1, -0.05) is 24.4 Å². The van der Waals surface area contributed by atoms with E-state index in [0.29, 0.717) is 22.9 Å². The molecule has 1 aromatic rings. The maximum absolute atomic E-state index is 12.2. The number of carbonyl (C=O) groups is 1. The van der Waals surface area contributed by atoms with Crippen molar-refractivity contribution >= 4 is 17.5 Å². The van der Waals surface area contributed by atoms with Gasteiger partial charge in [0.15, 0.2) is 0 Å². The molecule has 1 fully saturated rings. The van der Waals surface area contributed by atoms with E-state index in [9.17, 15) is 9.90 Å². The lowest BCUT2D eigenvalue weighted by molar-refractivity contribution is 0.0449. The van der Waals surface area contributed by atoms with Crippen molar-refractivity contribution < 1.29 is 14.6 Å². The van der Waals surface area contributed by atoms with E-state index in [2.05, 4.69) is 5.32 Å². The third-order valence-electron chi connectivity index (χ3n) is 3.60. The average Bonchev–Trinajstić information content (AvgIpc) is 2.84. The van der Waals surface area contributed by atoms with Crippen molar-refractivity contribution in [1.29, 1.82) is 0 Å². The van der Waals surface area contributed by atoms with E-state index in [1.54, 1.807) is 18.2 Å². The van der Waals surface area contributed by atoms with E-state index in [1.165, 1.54) is 0 Å². The Morgan fingerprint density at radius 2 is 2.15 bits per heavy atom. The first-order chi connectivity index (χ1) is 9.54. The topological polar surface area (TPSA) is 58.6 Å². The van der Waals surface area contributed by atoms with Gasteiger partial charge in [0.25, 0.3) is 5.91 Å². The number of benzene rings is 1. The first-order valence-electron chi connectivity index (χ1n) is 6.97. The molecule has 0 saturated heterocycles. The van der Waals surface area contributed by atoms with E-state index in [0.717, 1.165) is 25.7 Å². The van der Waals surface area contributed by atoms with Crippen LogP contribution in [0.3, 0.4) is 0 Å². The molecule has 1 aliphatic rings. The Kier molecular flexibility index (Phi) is 4.89. The Balaban J connectivity index is 2.05. The van der Waals surface area contributed by atoms with Gasteiger partial charge in [-0.05, 0) is 38.0 Å². The number of rotatable bonds is 5. The molecule has 0 aromatic heterocycles. The fourth-order valence-electron chi connectivity index (χ4n) is 2.51. The molecule has 110 valence electrons. The zero-order chi connectivity index (χ0) is 14.6. The summed E-state index contributed by atoms with van der Waals surface area (Å²) < 4.78 is 5.43. The van der Waals surface area contributed by atoms with Crippen LogP contribution in [0, 0.1) is 0 Å². The molecule has 20 heavy (non-hydrogen) atoms. The molecule has 0 aliphatic heterocycles. The molecule has 0 unspecified atom stereocenters. The van der Waals surface area contributed by atoms with Gasteiger partial charge in [-0.15, -0.1) is 0 Å². The molecular formula is C15H20ClNO3. The summed E-state index contributed by atoms with van der Waals surface area (Å²) in [6.07, 6.45) is 3.51. The standard InChI is InChI=1S/C15H20ClNO3/c1-2-20-13-9-11(16)5-6-12(13)14(18)17-10-15(19)7-3-4-8-15/h5-6,9,19H,2-4,7-8,10H2,1H3,(H,17,18). The number of halogens is 1. The Bertz CT molecular complexity index is 484. The van der Waals surface area contributed by atoms with Crippen molar-refractivity contribution in [3.05, 3.63) is 28.8 Å². The second kappa shape index (κ2) is 6.46. The summed E-state index contributed by atoms with van der Waals surface area (Å²) in [5.74, 6) is 0.223. The van der Waals surface area contributed by atoms with Crippen LogP contribution in [0.1, 0.15) is 43.0 Å². The van der Waals surface area contributed by atoms with E-state index in [-0.39, 0.29) is 12.5 Å². The molecular weight excluding hydrogens is 278 g/mol. The Hall–Kier alpha value is -1.26. The van der Waals surface area contributed by atoms with Crippen LogP contribution in [-0.2, 0) is 0 Å². The van der Waals surface area contributed by atoms with Crippen LogP contribution in [0.2, 0.25) is 5.02 Å². The molecule has 2 rings (SSSR count). The zero-order valence-electron chi connectivity index (χ0n) is 11.6. The van der Waals surface area contributed by atoms with Crippen molar-refractivity contribution in [2.75, 3.05) is 13.2 Å². The van der Waals surface area contributed by atoms with Crippen molar-refractivity contribution in [3.8, 4) is 5.75 Å². The van der Waals surface area contributed by atoms with Crippen molar-refractivity contribution in [3.63, 3.8) is 0 Å². The predicted octanol–water partition coefficient (Wildman–Crippen LogP) is 2.77. The summed E-state index contributed by atoms with van der Waals surface area (Å²) in [5.41, 5.74) is -0.314. The van der Waals surface area contributed by atoms with Crippen LogP contribution in [0.15, 0.2) is 18.2 Å². The molecule has 1 aliphatic carbocycles. The van der Waals surface area contributed by atoms with E-state index in [4.69, 9.17) is 16.3 Å². The lowest BCUT2D eigenvalue weighted by atomic mass is 10.0. The van der Waals surface area contributed by atoms with Crippen LogP contribution >= 0.6 is 11.6 Å². The smallest absolute Gasteiger partial charge is 0.255 e. The molecule has 0 bridgehead atoms. The Labute approximate surface area is 124 Å². The number of aliphatic hydroxyl groups is 1. The summed E-state index contributed by atoms with van der Waals surface area (Å²) in [6, 6.07) is 4.93. The molecule has 4 nitrogen and oxygen atoms in total. The average molecular weight is 298 g/mol. The third-order valence-corrected chi connectivity index (χ3v) is 3.84. The Morgan fingerprint density at radius 3 is 2.80 bits per heavy atom. The fraction of sp³-hybridized carbons (Fsp3) is 0.533. The molecule has 0 radical (unpaired) electrons. The van der Waals surface area contributed by atoms with Crippen molar-refractivity contribution in [2.45, 2.75) is 38.2 Å². The maximum atomic E-state index is 12.2. The number of hydrogen-bond donors (Lipinski definition) is 2. The molecule has 0 spiro atoms. The van der Waals surface area contributed by atoms with Gasteiger partial charge in [0.1, 0.15) is 5.75 Å². The van der Waals surface area contributed by atoms with E-state index in [1.807, 2.05) is 6.92 Å². The van der Waals surface area contributed by atoms with Gasteiger partial charge < -0.3 is 15.2 Å². The summed E-state index contributed by atoms with van der Waals surface area (Å²) in [5, 5.41) is 13.6. The molecule has 1 aromatic carbocycles. The van der Waals surface area contributed by atoms with Gasteiger partial charge in [0.2, 0.25) is 0 Å². The lowest BCUT2D eigenvalue weighted by Gasteiger charge is -2.22. The highest BCUT2D eigenvalue weighted by atomic mass is 35.5. The van der Waals surface area contributed by atoms with Gasteiger partial charge >= 0.3 is 0 Å². The van der Waals surface area contributed by atoms with Crippen molar-refractivity contribution in [1.82, 2.24) is 5.32 Å². The van der Waals surface area contributed by atoms with Gasteiger partial charge in [-0.2, -0.15) is 0 Å². The number of hydrogen-bond acceptors (Lipinski definition) is 3. The van der Waals surface area contributed by atoms with Crippen LogP contribution in [0.4, 0.5) is 0 Å². The largest absolute Gasteiger partial charge is 0.493 e. The normalized spacial score (nSPS) is 16.9. The molecule has 5 heteroatoms. The van der Waals surface area contributed by atoms with E-state index >= 15 is 0 Å². The van der Waals surface area contributed by atoms with Gasteiger partial charge in [-0.3, -0.25) is 4.79 Å². The number of carbonyl (C=O) groups excluding carboxylic acids is 1.